The molecule has 0 aliphatic rings. The highest BCUT2D eigenvalue weighted by molar-refractivity contribution is 7.98. The first-order valence-corrected chi connectivity index (χ1v) is 8.65. The molecule has 2 aromatic carbocycles. The zero-order chi connectivity index (χ0) is 16.2. The highest BCUT2D eigenvalue weighted by Crippen LogP contribution is 2.28. The van der Waals surface area contributed by atoms with Gasteiger partial charge in [-0.25, -0.2) is 9.37 Å². The average Bonchev–Trinajstić information content (AvgIpc) is 2.88. The molecule has 0 radical (unpaired) electrons. The lowest BCUT2D eigenvalue weighted by Crippen LogP contribution is -1.91. The van der Waals surface area contributed by atoms with Crippen molar-refractivity contribution in [3.05, 3.63) is 81.9 Å². The fourth-order valence-electron chi connectivity index (χ4n) is 2.31. The van der Waals surface area contributed by atoms with Crippen LogP contribution in [0.4, 0.5) is 4.39 Å². The van der Waals surface area contributed by atoms with Crippen molar-refractivity contribution in [1.29, 1.82) is 0 Å². The van der Waals surface area contributed by atoms with Gasteiger partial charge in [-0.15, -0.1) is 0 Å². The third-order valence-electron chi connectivity index (χ3n) is 3.59. The first kappa shape index (κ1) is 16.1. The molecule has 1 N–H and O–H groups in total. The summed E-state index contributed by atoms with van der Waals surface area (Å²) < 4.78 is 13.8. The molecule has 0 bridgehead atoms. The second-order valence-corrected chi connectivity index (χ2v) is 6.64. The van der Waals surface area contributed by atoms with Crippen molar-refractivity contribution in [3.63, 3.8) is 0 Å². The first-order chi connectivity index (χ1) is 11.1. The number of thioether (sulfide) groups is 1. The Hall–Kier alpha value is -1.78. The van der Waals surface area contributed by atoms with Gasteiger partial charge in [0.2, 0.25) is 0 Å². The van der Waals surface area contributed by atoms with E-state index in [1.54, 1.807) is 12.1 Å². The second-order valence-electron chi connectivity index (χ2n) is 5.26. The van der Waals surface area contributed by atoms with Crippen LogP contribution in [0.5, 0.6) is 0 Å². The highest BCUT2D eigenvalue weighted by atomic mass is 35.5. The number of hydrogen-bond acceptors (Lipinski definition) is 2. The number of aromatic amines is 1. The van der Waals surface area contributed by atoms with Crippen LogP contribution in [0.15, 0.2) is 53.7 Å². The molecule has 1 heterocycles. The van der Waals surface area contributed by atoms with E-state index in [0.29, 0.717) is 16.3 Å². The van der Waals surface area contributed by atoms with Crippen molar-refractivity contribution < 1.29 is 4.39 Å². The number of hydrogen-bond donors (Lipinski definition) is 1. The number of nitrogens with one attached hydrogen (secondary N) is 1. The zero-order valence-electron chi connectivity index (χ0n) is 12.6. The highest BCUT2D eigenvalue weighted by Gasteiger charge is 2.11. The summed E-state index contributed by atoms with van der Waals surface area (Å²) in [6.07, 6.45) is 0.782. The van der Waals surface area contributed by atoms with Crippen LogP contribution in [0.2, 0.25) is 5.02 Å². The SMILES string of the molecule is Cc1[nH]c(SCc2c(F)cccc2Cl)nc1Cc1ccccc1. The summed E-state index contributed by atoms with van der Waals surface area (Å²) >= 11 is 7.51. The monoisotopic (exact) mass is 346 g/mol. The van der Waals surface area contributed by atoms with E-state index in [1.807, 2.05) is 25.1 Å². The average molecular weight is 347 g/mol. The minimum Gasteiger partial charge on any atom is -0.337 e. The van der Waals surface area contributed by atoms with Gasteiger partial charge < -0.3 is 4.98 Å². The van der Waals surface area contributed by atoms with E-state index in [2.05, 4.69) is 22.1 Å². The molecule has 0 atom stereocenters. The molecule has 3 rings (SSSR count). The summed E-state index contributed by atoms with van der Waals surface area (Å²) in [5, 5.41) is 1.23. The molecule has 0 aliphatic carbocycles. The van der Waals surface area contributed by atoms with Gasteiger partial charge in [0.15, 0.2) is 5.16 Å². The van der Waals surface area contributed by atoms with Crippen LogP contribution in [0.25, 0.3) is 0 Å². The van der Waals surface area contributed by atoms with Crippen LogP contribution in [0, 0.1) is 12.7 Å². The quantitative estimate of drug-likeness (QED) is 0.627. The van der Waals surface area contributed by atoms with Gasteiger partial charge in [-0.05, 0) is 24.6 Å². The van der Waals surface area contributed by atoms with E-state index in [-0.39, 0.29) is 5.82 Å². The number of benzene rings is 2. The molecule has 0 fully saturated rings. The van der Waals surface area contributed by atoms with Crippen LogP contribution in [0.3, 0.4) is 0 Å². The molecule has 0 spiro atoms. The Morgan fingerprint density at radius 2 is 1.91 bits per heavy atom. The van der Waals surface area contributed by atoms with Gasteiger partial charge in [0.1, 0.15) is 5.82 Å². The lowest BCUT2D eigenvalue weighted by Gasteiger charge is -2.03. The molecule has 0 saturated carbocycles. The second kappa shape index (κ2) is 7.20. The van der Waals surface area contributed by atoms with E-state index in [9.17, 15) is 4.39 Å². The molecule has 1 aromatic heterocycles. The third-order valence-corrected chi connectivity index (χ3v) is 4.85. The summed E-state index contributed by atoms with van der Waals surface area (Å²) in [6, 6.07) is 15.0. The molecule has 3 aromatic rings. The molecule has 0 saturated heterocycles. The minimum atomic E-state index is -0.280. The van der Waals surface area contributed by atoms with Crippen molar-refractivity contribution in [3.8, 4) is 0 Å². The van der Waals surface area contributed by atoms with Gasteiger partial charge in [0.25, 0.3) is 0 Å². The maximum atomic E-state index is 13.8. The standard InChI is InChI=1S/C18H16ClFN2S/c1-12-17(10-13-6-3-2-4-7-13)22-18(21-12)23-11-14-15(19)8-5-9-16(14)20/h2-9H,10-11H2,1H3,(H,21,22). The third kappa shape index (κ3) is 3.95. The Kier molecular flexibility index (Phi) is 5.03. The summed E-state index contributed by atoms with van der Waals surface area (Å²) in [6.45, 7) is 2.01. The minimum absolute atomic E-state index is 0.280. The number of imidazole rings is 1. The molecule has 0 amide bonds. The van der Waals surface area contributed by atoms with Crippen molar-refractivity contribution in [2.45, 2.75) is 24.3 Å². The van der Waals surface area contributed by atoms with Crippen LogP contribution in [-0.2, 0) is 12.2 Å². The van der Waals surface area contributed by atoms with Gasteiger partial charge in [0, 0.05) is 28.5 Å². The fraction of sp³-hybridized carbons (Fsp3) is 0.167. The van der Waals surface area contributed by atoms with Crippen molar-refractivity contribution in [2.75, 3.05) is 0 Å². The molecule has 2 nitrogen and oxygen atoms in total. The lowest BCUT2D eigenvalue weighted by atomic mass is 10.1. The van der Waals surface area contributed by atoms with E-state index >= 15 is 0 Å². The molecular formula is C18H16ClFN2S. The van der Waals surface area contributed by atoms with Crippen molar-refractivity contribution in [2.24, 2.45) is 0 Å². The number of rotatable bonds is 5. The zero-order valence-corrected chi connectivity index (χ0v) is 14.2. The molecule has 23 heavy (non-hydrogen) atoms. The van der Waals surface area contributed by atoms with E-state index in [0.717, 1.165) is 23.0 Å². The predicted octanol–water partition coefficient (Wildman–Crippen LogP) is 5.39. The van der Waals surface area contributed by atoms with Crippen molar-refractivity contribution in [1.82, 2.24) is 9.97 Å². The summed E-state index contributed by atoms with van der Waals surface area (Å²) in [7, 11) is 0. The van der Waals surface area contributed by atoms with Crippen LogP contribution in [-0.4, -0.2) is 9.97 Å². The smallest absolute Gasteiger partial charge is 0.166 e. The van der Waals surface area contributed by atoms with Gasteiger partial charge in [-0.1, -0.05) is 59.8 Å². The molecule has 0 aliphatic heterocycles. The Labute approximate surface area is 144 Å². The Bertz CT molecular complexity index is 782. The molecule has 118 valence electrons. The summed E-state index contributed by atoms with van der Waals surface area (Å²) in [4.78, 5) is 7.88. The number of nitrogens with zero attached hydrogens (tertiary/aromatic N) is 1. The Morgan fingerprint density at radius 1 is 1.13 bits per heavy atom. The molecule has 0 unspecified atom stereocenters. The van der Waals surface area contributed by atoms with Crippen LogP contribution in [0.1, 0.15) is 22.5 Å². The number of halogens is 2. The first-order valence-electron chi connectivity index (χ1n) is 7.28. The number of H-pyrrole nitrogens is 1. The van der Waals surface area contributed by atoms with Crippen molar-refractivity contribution >= 4 is 23.4 Å². The molecule has 5 heteroatoms. The van der Waals surface area contributed by atoms with E-state index in [4.69, 9.17) is 11.6 Å². The summed E-state index contributed by atoms with van der Waals surface area (Å²) in [5.74, 6) is 0.168. The fourth-order valence-corrected chi connectivity index (χ4v) is 3.59. The van der Waals surface area contributed by atoms with E-state index < -0.39 is 0 Å². The lowest BCUT2D eigenvalue weighted by molar-refractivity contribution is 0.617. The summed E-state index contributed by atoms with van der Waals surface area (Å²) in [5.41, 5.74) is 3.78. The number of aryl methyl sites for hydroxylation is 1. The Morgan fingerprint density at radius 3 is 2.65 bits per heavy atom. The van der Waals surface area contributed by atoms with Gasteiger partial charge in [0.05, 0.1) is 5.69 Å². The Balaban J connectivity index is 1.71. The normalized spacial score (nSPS) is 10.9. The predicted molar refractivity (Wildman–Crippen MR) is 93.5 cm³/mol. The van der Waals surface area contributed by atoms with Crippen LogP contribution < -0.4 is 0 Å². The topological polar surface area (TPSA) is 28.7 Å². The maximum absolute atomic E-state index is 13.8. The van der Waals surface area contributed by atoms with E-state index in [1.165, 1.54) is 23.4 Å². The van der Waals surface area contributed by atoms with Gasteiger partial charge in [-0.2, -0.15) is 0 Å². The van der Waals surface area contributed by atoms with Crippen LogP contribution >= 0.6 is 23.4 Å². The number of aromatic nitrogens is 2. The maximum Gasteiger partial charge on any atom is 0.166 e. The molecular weight excluding hydrogens is 331 g/mol. The largest absolute Gasteiger partial charge is 0.337 e. The van der Waals surface area contributed by atoms with Gasteiger partial charge in [-0.3, -0.25) is 0 Å². The van der Waals surface area contributed by atoms with Gasteiger partial charge >= 0.3 is 0 Å².